The number of hydrogen-bond donors (Lipinski definition) is 2. The topological polar surface area (TPSA) is 52.6 Å². The van der Waals surface area contributed by atoms with E-state index in [9.17, 15) is 9.90 Å². The normalized spacial score (nSPS) is 17.9. The van der Waals surface area contributed by atoms with Crippen molar-refractivity contribution in [2.45, 2.75) is 38.0 Å². The number of carbonyl (C=O) groups excluding carboxylic acids is 1. The zero-order valence-electron chi connectivity index (χ0n) is 11.8. The fraction of sp³-hybridized carbons (Fsp3) is 0.533. The number of likely N-dealkylation sites (N-methyl/N-ethyl adjacent to an activating group) is 1. The van der Waals surface area contributed by atoms with E-state index in [1.54, 1.807) is 0 Å². The van der Waals surface area contributed by atoms with E-state index in [1.807, 2.05) is 38.2 Å². The molecule has 1 aliphatic rings. The van der Waals surface area contributed by atoms with E-state index in [-0.39, 0.29) is 11.9 Å². The summed E-state index contributed by atoms with van der Waals surface area (Å²) in [4.78, 5) is 14.0. The SMILES string of the molecule is CC(NC(=O)CN(C)C1CC1)C(O)c1ccc(Br)cc1. The van der Waals surface area contributed by atoms with Crippen LogP contribution >= 0.6 is 15.9 Å². The van der Waals surface area contributed by atoms with Crippen LogP contribution in [0.2, 0.25) is 0 Å². The standard InChI is InChI=1S/C15H21BrN2O2/c1-10(15(20)11-3-5-12(16)6-4-11)17-14(19)9-18(2)13-7-8-13/h3-6,10,13,15,20H,7-9H2,1-2H3,(H,17,19). The van der Waals surface area contributed by atoms with Crippen molar-refractivity contribution in [3.05, 3.63) is 34.3 Å². The Bertz CT molecular complexity index is 459. The summed E-state index contributed by atoms with van der Waals surface area (Å²) < 4.78 is 0.969. The summed E-state index contributed by atoms with van der Waals surface area (Å²) in [5, 5.41) is 13.1. The van der Waals surface area contributed by atoms with Crippen LogP contribution in [0.5, 0.6) is 0 Å². The van der Waals surface area contributed by atoms with E-state index in [2.05, 4.69) is 26.1 Å². The van der Waals surface area contributed by atoms with Crippen molar-refractivity contribution in [2.24, 2.45) is 0 Å². The van der Waals surface area contributed by atoms with Crippen LogP contribution in [0.4, 0.5) is 0 Å². The Balaban J connectivity index is 1.84. The molecule has 110 valence electrons. The molecule has 1 aromatic rings. The van der Waals surface area contributed by atoms with E-state index >= 15 is 0 Å². The predicted octanol–water partition coefficient (Wildman–Crippen LogP) is 2.08. The Morgan fingerprint density at radius 3 is 2.60 bits per heavy atom. The number of amides is 1. The van der Waals surface area contributed by atoms with E-state index < -0.39 is 6.10 Å². The van der Waals surface area contributed by atoms with Crippen LogP contribution in [-0.4, -0.2) is 41.6 Å². The number of carbonyl (C=O) groups is 1. The minimum absolute atomic E-state index is 0.0388. The molecule has 1 aliphatic carbocycles. The highest BCUT2D eigenvalue weighted by Crippen LogP contribution is 2.25. The Labute approximate surface area is 128 Å². The van der Waals surface area contributed by atoms with Crippen LogP contribution in [-0.2, 0) is 4.79 Å². The number of halogens is 1. The monoisotopic (exact) mass is 340 g/mol. The number of aliphatic hydroxyl groups excluding tert-OH is 1. The lowest BCUT2D eigenvalue weighted by atomic mass is 10.0. The molecule has 2 unspecified atom stereocenters. The summed E-state index contributed by atoms with van der Waals surface area (Å²) in [6, 6.07) is 7.73. The third kappa shape index (κ3) is 4.30. The van der Waals surface area contributed by atoms with Crippen molar-refractivity contribution in [2.75, 3.05) is 13.6 Å². The Hall–Kier alpha value is -0.910. The van der Waals surface area contributed by atoms with Gasteiger partial charge in [0.1, 0.15) is 0 Å². The van der Waals surface area contributed by atoms with Crippen LogP contribution < -0.4 is 5.32 Å². The molecule has 0 radical (unpaired) electrons. The summed E-state index contributed by atoms with van der Waals surface area (Å²) in [6.07, 6.45) is 1.67. The highest BCUT2D eigenvalue weighted by Gasteiger charge is 2.28. The first-order valence-electron chi connectivity index (χ1n) is 6.90. The smallest absolute Gasteiger partial charge is 0.234 e. The fourth-order valence-electron chi connectivity index (χ4n) is 2.20. The largest absolute Gasteiger partial charge is 0.386 e. The molecule has 2 N–H and O–H groups in total. The predicted molar refractivity (Wildman–Crippen MR) is 82.4 cm³/mol. The highest BCUT2D eigenvalue weighted by atomic mass is 79.9. The average molecular weight is 341 g/mol. The van der Waals surface area contributed by atoms with Gasteiger partial charge in [0.15, 0.2) is 0 Å². The minimum Gasteiger partial charge on any atom is -0.386 e. The molecule has 1 amide bonds. The number of hydrogen-bond acceptors (Lipinski definition) is 3. The van der Waals surface area contributed by atoms with E-state index in [0.29, 0.717) is 12.6 Å². The van der Waals surface area contributed by atoms with Gasteiger partial charge >= 0.3 is 0 Å². The van der Waals surface area contributed by atoms with Gasteiger partial charge in [-0.05, 0) is 44.5 Å². The van der Waals surface area contributed by atoms with Gasteiger partial charge in [-0.3, -0.25) is 9.69 Å². The van der Waals surface area contributed by atoms with Gasteiger partial charge in [0.2, 0.25) is 5.91 Å². The zero-order valence-corrected chi connectivity index (χ0v) is 13.4. The van der Waals surface area contributed by atoms with Gasteiger partial charge < -0.3 is 10.4 Å². The molecule has 0 spiro atoms. The lowest BCUT2D eigenvalue weighted by Crippen LogP contribution is -2.42. The second-order valence-electron chi connectivity index (χ2n) is 5.50. The number of benzene rings is 1. The third-order valence-electron chi connectivity index (χ3n) is 3.64. The van der Waals surface area contributed by atoms with Crippen molar-refractivity contribution in [3.63, 3.8) is 0 Å². The third-order valence-corrected chi connectivity index (χ3v) is 4.17. The number of rotatable bonds is 6. The van der Waals surface area contributed by atoms with Crippen molar-refractivity contribution >= 4 is 21.8 Å². The summed E-state index contributed by atoms with van der Waals surface area (Å²) in [5.74, 6) is -0.0388. The Morgan fingerprint density at radius 1 is 1.45 bits per heavy atom. The zero-order chi connectivity index (χ0) is 14.7. The molecule has 20 heavy (non-hydrogen) atoms. The molecule has 5 heteroatoms. The molecule has 1 saturated carbocycles. The van der Waals surface area contributed by atoms with Crippen molar-refractivity contribution in [1.82, 2.24) is 10.2 Å². The van der Waals surface area contributed by atoms with Crippen LogP contribution in [0.1, 0.15) is 31.4 Å². The molecule has 1 fully saturated rings. The van der Waals surface area contributed by atoms with Crippen LogP contribution in [0.3, 0.4) is 0 Å². The Kier molecular flexibility index (Phi) is 5.18. The molecule has 0 bridgehead atoms. The highest BCUT2D eigenvalue weighted by molar-refractivity contribution is 9.10. The van der Waals surface area contributed by atoms with Crippen molar-refractivity contribution < 1.29 is 9.90 Å². The van der Waals surface area contributed by atoms with Crippen LogP contribution in [0, 0.1) is 0 Å². The second kappa shape index (κ2) is 6.70. The van der Waals surface area contributed by atoms with Gasteiger partial charge in [0, 0.05) is 10.5 Å². The molecule has 1 aromatic carbocycles. The number of nitrogens with zero attached hydrogens (tertiary/aromatic N) is 1. The summed E-state index contributed by atoms with van der Waals surface area (Å²) in [6.45, 7) is 2.21. The first-order valence-corrected chi connectivity index (χ1v) is 7.70. The molecule has 0 saturated heterocycles. The van der Waals surface area contributed by atoms with Crippen molar-refractivity contribution in [3.8, 4) is 0 Å². The average Bonchev–Trinajstić information content (AvgIpc) is 3.22. The molecule has 0 aromatic heterocycles. The van der Waals surface area contributed by atoms with Crippen molar-refractivity contribution in [1.29, 1.82) is 0 Å². The van der Waals surface area contributed by atoms with Crippen LogP contribution in [0.25, 0.3) is 0 Å². The van der Waals surface area contributed by atoms with Gasteiger partial charge in [0.25, 0.3) is 0 Å². The van der Waals surface area contributed by atoms with Gasteiger partial charge in [-0.1, -0.05) is 28.1 Å². The molecule has 2 atom stereocenters. The quantitative estimate of drug-likeness (QED) is 0.833. The summed E-state index contributed by atoms with van der Waals surface area (Å²) >= 11 is 3.36. The van der Waals surface area contributed by atoms with Gasteiger partial charge in [-0.25, -0.2) is 0 Å². The van der Waals surface area contributed by atoms with Gasteiger partial charge in [0.05, 0.1) is 18.7 Å². The lowest BCUT2D eigenvalue weighted by Gasteiger charge is -2.22. The maximum absolute atomic E-state index is 11.9. The van der Waals surface area contributed by atoms with Gasteiger partial charge in [-0.15, -0.1) is 0 Å². The Morgan fingerprint density at radius 2 is 2.05 bits per heavy atom. The maximum atomic E-state index is 11.9. The number of aliphatic hydroxyl groups is 1. The summed E-state index contributed by atoms with van der Waals surface area (Å²) in [7, 11) is 1.97. The molecular weight excluding hydrogens is 320 g/mol. The molecule has 4 nitrogen and oxygen atoms in total. The van der Waals surface area contributed by atoms with Gasteiger partial charge in [-0.2, -0.15) is 0 Å². The maximum Gasteiger partial charge on any atom is 0.234 e. The first-order chi connectivity index (χ1) is 9.47. The summed E-state index contributed by atoms with van der Waals surface area (Å²) in [5.41, 5.74) is 0.802. The molecule has 2 rings (SSSR count). The van der Waals surface area contributed by atoms with E-state index in [0.717, 1.165) is 10.0 Å². The van der Waals surface area contributed by atoms with E-state index in [1.165, 1.54) is 12.8 Å². The molecule has 0 aliphatic heterocycles. The van der Waals surface area contributed by atoms with Crippen LogP contribution in [0.15, 0.2) is 28.7 Å². The second-order valence-corrected chi connectivity index (χ2v) is 6.41. The molecular formula is C15H21BrN2O2. The number of nitrogens with one attached hydrogen (secondary N) is 1. The first kappa shape index (κ1) is 15.5. The van der Waals surface area contributed by atoms with E-state index in [4.69, 9.17) is 0 Å². The lowest BCUT2D eigenvalue weighted by molar-refractivity contribution is -0.123. The minimum atomic E-state index is -0.696. The molecule has 0 heterocycles. The fourth-order valence-corrected chi connectivity index (χ4v) is 2.46.